The van der Waals surface area contributed by atoms with Crippen LogP contribution in [0.5, 0.6) is 0 Å². The first-order chi connectivity index (χ1) is 27.3. The SMILES string of the molecule is [2H]c1c([2H])c([2H])c2c(-c3cccc4oc5ccc(-c6ccccc6)cc5c34)c([2H])c([2H])c(Cc3c4ccccc4c(-c4ccccc4)c4ccccc34)c2c1[2H]. The Kier molecular flexibility index (Phi) is 5.34. The van der Waals surface area contributed by atoms with E-state index in [-0.39, 0.29) is 59.0 Å². The normalized spacial score (nSPS) is 13.4. The molecule has 1 heteroatoms. The van der Waals surface area contributed by atoms with Crippen molar-refractivity contribution in [2.45, 2.75) is 6.42 Å². The van der Waals surface area contributed by atoms with Gasteiger partial charge in [0.25, 0.3) is 0 Å². The van der Waals surface area contributed by atoms with Crippen LogP contribution in [0, 0.1) is 0 Å². The summed E-state index contributed by atoms with van der Waals surface area (Å²) in [5.41, 5.74) is 7.64. The van der Waals surface area contributed by atoms with Gasteiger partial charge in [-0.1, -0.05) is 164 Å². The second-order valence-electron chi connectivity index (χ2n) is 12.7. The van der Waals surface area contributed by atoms with Crippen LogP contribution in [-0.4, -0.2) is 0 Å². The minimum atomic E-state index is -0.384. The monoisotopic (exact) mass is 642 g/mol. The summed E-state index contributed by atoms with van der Waals surface area (Å²) in [5.74, 6) is 0. The van der Waals surface area contributed by atoms with Gasteiger partial charge in [0.1, 0.15) is 11.2 Å². The molecular formula is C49H32O. The molecule has 0 saturated heterocycles. The molecule has 9 aromatic carbocycles. The molecular weight excluding hydrogens is 605 g/mol. The highest BCUT2D eigenvalue weighted by Gasteiger charge is 2.19. The molecule has 0 spiro atoms. The van der Waals surface area contributed by atoms with Crippen LogP contribution in [0.3, 0.4) is 0 Å². The molecule has 0 atom stereocenters. The zero-order chi connectivity index (χ0) is 38.2. The van der Waals surface area contributed by atoms with Crippen molar-refractivity contribution in [1.82, 2.24) is 0 Å². The molecule has 0 saturated carbocycles. The largest absolute Gasteiger partial charge is 0.456 e. The molecule has 0 bridgehead atoms. The van der Waals surface area contributed by atoms with Crippen LogP contribution in [0.1, 0.15) is 19.4 Å². The summed E-state index contributed by atoms with van der Waals surface area (Å²) >= 11 is 0. The Morgan fingerprint density at radius 2 is 1.06 bits per heavy atom. The van der Waals surface area contributed by atoms with Crippen LogP contribution >= 0.6 is 0 Å². The fourth-order valence-electron chi connectivity index (χ4n) is 7.67. The lowest BCUT2D eigenvalue weighted by Gasteiger charge is -2.19. The maximum atomic E-state index is 9.73. The Balaban J connectivity index is 1.28. The van der Waals surface area contributed by atoms with Crippen molar-refractivity contribution in [1.29, 1.82) is 0 Å². The van der Waals surface area contributed by atoms with Gasteiger partial charge >= 0.3 is 0 Å². The molecule has 0 radical (unpaired) electrons. The zero-order valence-electron chi connectivity index (χ0n) is 33.0. The summed E-state index contributed by atoms with van der Waals surface area (Å²) in [5, 5.41) is 6.07. The fourth-order valence-corrected chi connectivity index (χ4v) is 7.67. The summed E-state index contributed by atoms with van der Waals surface area (Å²) in [6, 6.07) is 46.9. The van der Waals surface area contributed by atoms with Crippen molar-refractivity contribution in [3.63, 3.8) is 0 Å². The maximum Gasteiger partial charge on any atom is 0.136 e. The van der Waals surface area contributed by atoms with Crippen LogP contribution in [0.15, 0.2) is 186 Å². The Morgan fingerprint density at radius 1 is 0.420 bits per heavy atom. The van der Waals surface area contributed by atoms with Crippen LogP contribution in [-0.2, 0) is 6.42 Å². The zero-order valence-corrected chi connectivity index (χ0v) is 27.0. The standard InChI is InChI=1S/C49H32O/c1-3-14-32(15-4-1)34-27-29-46-45(30-34)49-43(24-13-25-47(49)50-46)40-28-26-35(36-18-7-8-19-37(36)40)31-44-38-20-9-11-22-41(38)48(33-16-5-2-6-17-33)42-23-12-10-21-39(42)44/h1-30H,31H2/i7D,8D,18D,19D,26D,28D. The number of rotatable bonds is 5. The molecule has 0 amide bonds. The number of hydrogen-bond donors (Lipinski definition) is 0. The van der Waals surface area contributed by atoms with Gasteiger partial charge in [-0.2, -0.15) is 0 Å². The molecule has 0 fully saturated rings. The molecule has 0 N–H and O–H groups in total. The van der Waals surface area contributed by atoms with E-state index in [0.29, 0.717) is 22.3 Å². The lowest BCUT2D eigenvalue weighted by Crippen LogP contribution is -1.97. The van der Waals surface area contributed by atoms with Gasteiger partial charge in [0.2, 0.25) is 0 Å². The smallest absolute Gasteiger partial charge is 0.136 e. The summed E-state index contributed by atoms with van der Waals surface area (Å²) in [7, 11) is 0. The number of furan rings is 1. The topological polar surface area (TPSA) is 13.1 Å². The van der Waals surface area contributed by atoms with E-state index in [1.165, 1.54) is 0 Å². The third-order valence-corrected chi connectivity index (χ3v) is 9.91. The van der Waals surface area contributed by atoms with Crippen LogP contribution < -0.4 is 0 Å². The molecule has 1 aromatic heterocycles. The highest BCUT2D eigenvalue weighted by Crippen LogP contribution is 2.43. The molecule has 0 aliphatic rings. The van der Waals surface area contributed by atoms with Gasteiger partial charge in [-0.05, 0) is 101 Å². The van der Waals surface area contributed by atoms with Gasteiger partial charge < -0.3 is 4.42 Å². The summed E-state index contributed by atoms with van der Waals surface area (Å²) in [4.78, 5) is 0. The number of hydrogen-bond acceptors (Lipinski definition) is 1. The predicted octanol–water partition coefficient (Wildman–Crippen LogP) is 13.6. The van der Waals surface area contributed by atoms with Crippen LogP contribution in [0.4, 0.5) is 0 Å². The minimum absolute atomic E-state index is 0.0763. The summed E-state index contributed by atoms with van der Waals surface area (Å²) < 4.78 is 62.2. The van der Waals surface area contributed by atoms with Gasteiger partial charge in [0.05, 0.1) is 8.22 Å². The van der Waals surface area contributed by atoms with Crippen LogP contribution in [0.2, 0.25) is 0 Å². The first-order valence-electron chi connectivity index (χ1n) is 19.8. The van der Waals surface area contributed by atoms with Crippen molar-refractivity contribution in [3.8, 4) is 33.4 Å². The average molecular weight is 643 g/mol. The van der Waals surface area contributed by atoms with Crippen molar-refractivity contribution in [2.24, 2.45) is 0 Å². The minimum Gasteiger partial charge on any atom is -0.456 e. The third kappa shape index (κ3) is 4.55. The van der Waals surface area contributed by atoms with E-state index < -0.39 is 0 Å². The lowest BCUT2D eigenvalue weighted by molar-refractivity contribution is 0.669. The first-order valence-corrected chi connectivity index (χ1v) is 16.8. The van der Waals surface area contributed by atoms with Gasteiger partial charge in [-0.25, -0.2) is 0 Å². The molecule has 1 nitrogen and oxygen atoms in total. The average Bonchev–Trinajstić information content (AvgIpc) is 3.62. The second-order valence-corrected chi connectivity index (χ2v) is 12.7. The van der Waals surface area contributed by atoms with Crippen LogP contribution in [0.25, 0.3) is 87.6 Å². The lowest BCUT2D eigenvalue weighted by atomic mass is 9.85. The Labute approximate surface area is 299 Å². The van der Waals surface area contributed by atoms with Gasteiger partial charge in [-0.3, -0.25) is 0 Å². The molecule has 0 aliphatic carbocycles. The van der Waals surface area contributed by atoms with Crippen molar-refractivity contribution in [3.05, 3.63) is 193 Å². The van der Waals surface area contributed by atoms with E-state index in [9.17, 15) is 5.48 Å². The van der Waals surface area contributed by atoms with Crippen molar-refractivity contribution < 1.29 is 12.6 Å². The number of fused-ring (bicyclic) bond motifs is 6. The van der Waals surface area contributed by atoms with E-state index in [2.05, 4.69) is 42.5 Å². The molecule has 10 aromatic rings. The highest BCUT2D eigenvalue weighted by atomic mass is 16.3. The Bertz CT molecular complexity index is 3170. The quantitative estimate of drug-likeness (QED) is 0.170. The molecule has 0 unspecified atom stereocenters. The van der Waals surface area contributed by atoms with Gasteiger partial charge in [-0.15, -0.1) is 0 Å². The Morgan fingerprint density at radius 3 is 1.78 bits per heavy atom. The Hall–Kier alpha value is -6.44. The maximum absolute atomic E-state index is 9.73. The summed E-state index contributed by atoms with van der Waals surface area (Å²) in [6.45, 7) is 0. The van der Waals surface area contributed by atoms with Gasteiger partial charge in [0.15, 0.2) is 0 Å². The van der Waals surface area contributed by atoms with Crippen molar-refractivity contribution in [2.75, 3.05) is 0 Å². The molecule has 1 heterocycles. The number of benzene rings is 9. The second kappa shape index (κ2) is 11.6. The van der Waals surface area contributed by atoms with Gasteiger partial charge in [0, 0.05) is 10.8 Å². The third-order valence-electron chi connectivity index (χ3n) is 9.91. The molecule has 0 aliphatic heterocycles. The summed E-state index contributed by atoms with van der Waals surface area (Å²) in [6.07, 6.45) is 0.180. The van der Waals surface area contributed by atoms with E-state index in [4.69, 9.17) is 7.16 Å². The highest BCUT2D eigenvalue weighted by molar-refractivity contribution is 6.17. The van der Waals surface area contributed by atoms with Crippen molar-refractivity contribution >= 4 is 54.3 Å². The predicted molar refractivity (Wildman–Crippen MR) is 212 cm³/mol. The first kappa shape index (κ1) is 23.0. The fraction of sp³-hybridized carbons (Fsp3) is 0.0204. The van der Waals surface area contributed by atoms with E-state index in [0.717, 1.165) is 60.1 Å². The van der Waals surface area contributed by atoms with E-state index >= 15 is 0 Å². The van der Waals surface area contributed by atoms with E-state index in [1.54, 1.807) is 0 Å². The van der Waals surface area contributed by atoms with E-state index in [1.807, 2.05) is 103 Å². The molecule has 234 valence electrons. The molecule has 10 rings (SSSR count). The molecule has 50 heavy (non-hydrogen) atoms.